The van der Waals surface area contributed by atoms with Gasteiger partial charge in [-0.25, -0.2) is 4.79 Å². The number of amides is 7. The molecular weight excluding hydrogens is 1730 g/mol. The zero-order valence-corrected chi connectivity index (χ0v) is 70.5. The number of thioether (sulfide) groups is 1. The number of carbonyl (C=O) groups excluding carboxylic acids is 7. The molecule has 670 valence electrons. The third kappa shape index (κ3) is 20.9. The van der Waals surface area contributed by atoms with E-state index in [1.165, 1.54) is 44.8 Å². The van der Waals surface area contributed by atoms with E-state index in [1.807, 2.05) is 0 Å². The average molecular weight is 1830 g/mol. The number of hydrogen-bond donors (Lipinski definition) is 22. The van der Waals surface area contributed by atoms with E-state index >= 15 is 24.0 Å². The molecule has 0 spiro atoms. The fraction of sp³-hybridized carbons (Fsp3) is 0.457. The lowest BCUT2D eigenvalue weighted by molar-refractivity contribution is -0.350. The maximum atomic E-state index is 16.4. The Bertz CT molecular complexity index is 4990. The number of benzene rings is 6. The van der Waals surface area contributed by atoms with E-state index in [4.69, 9.17) is 95.8 Å². The van der Waals surface area contributed by atoms with Crippen LogP contribution in [0.4, 0.5) is 0 Å². The lowest BCUT2D eigenvalue weighted by Gasteiger charge is -2.46. The number of aromatic hydroxyl groups is 3. The SMILES string of the molecule is CN[C@H](CC(C)C)C(=O)NC1C(=O)N[C@H](CC(N)=O)C(=O)N[C@H]2C(=O)N[C@H]3C(=O)N[C@H](C(=O)N[C@@H](C(=O)O)c4cc(O)cc(O)c4-c4cc3ccc4O)[C@H](O[C@H]3C[C@](C)(N)[C@@H](O)[C@H](C)O3)c3ccc(c(Cl)c3)Oc3cc2cc(c3O[C@@H]2O[C@H](CO)[C@@H](O[C@@H]3O[C@H](CNCCSCc4c(Cl)cccc4Cl)[C@H](O)[C@H](O)[C@H]3O)[C@H](O)[C@H]2O)Oc2ccc(cc2Cl)[C@H]1O. The summed E-state index contributed by atoms with van der Waals surface area (Å²) in [4.78, 5) is 120. The summed E-state index contributed by atoms with van der Waals surface area (Å²) in [6.07, 6.45) is -29.1. The Labute approximate surface area is 731 Å². The summed E-state index contributed by atoms with van der Waals surface area (Å²) in [5.41, 5.74) is 8.70. The van der Waals surface area contributed by atoms with Gasteiger partial charge in [0.15, 0.2) is 30.1 Å². The van der Waals surface area contributed by atoms with E-state index in [2.05, 4.69) is 42.5 Å². The number of nitrogens with two attached hydrogens (primary N) is 2. The summed E-state index contributed by atoms with van der Waals surface area (Å²) in [5, 5.41) is 160. The number of phenols is 3. The number of nitrogens with one attached hydrogen (secondary N) is 8. The van der Waals surface area contributed by atoms with Gasteiger partial charge >= 0.3 is 5.97 Å². The second kappa shape index (κ2) is 39.7. The molecule has 0 radical (unpaired) electrons. The van der Waals surface area contributed by atoms with Crippen LogP contribution in [0.3, 0.4) is 0 Å². The molecule has 0 saturated carbocycles. The van der Waals surface area contributed by atoms with Crippen molar-refractivity contribution in [2.75, 3.05) is 32.5 Å². The Morgan fingerprint density at radius 2 is 1.28 bits per heavy atom. The highest BCUT2D eigenvalue weighted by Gasteiger charge is 2.53. The highest BCUT2D eigenvalue weighted by atomic mass is 35.5. The smallest absolute Gasteiger partial charge is 0.330 e. The van der Waals surface area contributed by atoms with Crippen molar-refractivity contribution in [2.24, 2.45) is 17.4 Å². The summed E-state index contributed by atoms with van der Waals surface area (Å²) in [7, 11) is 1.46. The molecule has 43 heteroatoms. The fourth-order valence-corrected chi connectivity index (χ4v) is 17.3. The molecule has 11 bridgehead atoms. The minimum Gasteiger partial charge on any atom is -0.508 e. The van der Waals surface area contributed by atoms with Gasteiger partial charge in [-0.15, -0.1) is 0 Å². The Morgan fingerprint density at radius 1 is 0.661 bits per heavy atom. The molecule has 1 unspecified atom stereocenters. The molecule has 6 aromatic rings. The second-order valence-corrected chi connectivity index (χ2v) is 34.0. The summed E-state index contributed by atoms with van der Waals surface area (Å²) in [6.45, 7) is 5.58. The predicted molar refractivity (Wildman–Crippen MR) is 440 cm³/mol. The number of fused-ring (bicyclic) bond motifs is 15. The Kier molecular flexibility index (Phi) is 30.1. The molecule has 3 saturated heterocycles. The van der Waals surface area contributed by atoms with Crippen molar-refractivity contribution in [2.45, 2.75) is 193 Å². The number of phenolic OH excluding ortho intramolecular Hbond substituents is 3. The number of aliphatic hydroxyl groups is 8. The minimum atomic E-state index is -2.42. The number of aliphatic hydroxyl groups excluding tert-OH is 8. The normalized spacial score (nSPS) is 29.9. The monoisotopic (exact) mass is 1830 g/mol. The van der Waals surface area contributed by atoms with Gasteiger partial charge in [0.1, 0.15) is 120 Å². The van der Waals surface area contributed by atoms with Crippen LogP contribution < -0.4 is 68.2 Å². The molecule has 8 heterocycles. The van der Waals surface area contributed by atoms with Crippen molar-refractivity contribution in [1.82, 2.24) is 42.5 Å². The van der Waals surface area contributed by atoms with Crippen LogP contribution in [0.1, 0.15) is 111 Å². The molecule has 24 N–H and O–H groups in total. The number of rotatable bonds is 22. The van der Waals surface area contributed by atoms with Crippen molar-refractivity contribution in [3.63, 3.8) is 0 Å². The Morgan fingerprint density at radius 3 is 1.91 bits per heavy atom. The summed E-state index contributed by atoms with van der Waals surface area (Å²) in [6, 6.07) is 4.08. The van der Waals surface area contributed by atoms with Crippen LogP contribution in [0.5, 0.6) is 46.0 Å². The first-order valence-corrected chi connectivity index (χ1v) is 41.7. The first-order valence-electron chi connectivity index (χ1n) is 39.1. The molecule has 3 fully saturated rings. The van der Waals surface area contributed by atoms with Crippen LogP contribution in [-0.2, 0) is 67.8 Å². The molecule has 8 aliphatic heterocycles. The molecule has 38 nitrogen and oxygen atoms in total. The van der Waals surface area contributed by atoms with E-state index in [-0.39, 0.29) is 36.4 Å². The summed E-state index contributed by atoms with van der Waals surface area (Å²) >= 11 is 28.7. The number of aliphatic carboxylic acids is 1. The Balaban J connectivity index is 1.02. The Hall–Kier alpha value is -9.25. The van der Waals surface area contributed by atoms with Gasteiger partial charge < -0.3 is 153 Å². The number of likely N-dealkylation sites (N-methyl/N-ethyl adjacent to an activating group) is 1. The molecule has 0 aliphatic carbocycles. The van der Waals surface area contributed by atoms with Crippen molar-refractivity contribution in [3.8, 4) is 57.1 Å². The predicted octanol–water partition coefficient (Wildman–Crippen LogP) is 1.77. The highest BCUT2D eigenvalue weighted by molar-refractivity contribution is 7.98. The van der Waals surface area contributed by atoms with E-state index in [0.717, 1.165) is 72.3 Å². The van der Waals surface area contributed by atoms with Crippen LogP contribution in [0.2, 0.25) is 20.1 Å². The van der Waals surface area contributed by atoms with Gasteiger partial charge in [-0.05, 0) is 128 Å². The van der Waals surface area contributed by atoms with E-state index in [9.17, 15) is 75.7 Å². The molecule has 8 aliphatic rings. The van der Waals surface area contributed by atoms with Gasteiger partial charge in [0.2, 0.25) is 53.4 Å². The number of hydrogen-bond acceptors (Lipinski definition) is 31. The quantitative estimate of drug-likeness (QED) is 0.0431. The van der Waals surface area contributed by atoms with Gasteiger partial charge in [0.25, 0.3) is 0 Å². The zero-order valence-electron chi connectivity index (χ0n) is 66.6. The van der Waals surface area contributed by atoms with Crippen molar-refractivity contribution >= 4 is 105 Å². The minimum absolute atomic E-state index is 0.130. The maximum absolute atomic E-state index is 16.4. The maximum Gasteiger partial charge on any atom is 0.330 e. The molecule has 124 heavy (non-hydrogen) atoms. The molecule has 6 aromatic carbocycles. The number of carboxylic acids is 1. The van der Waals surface area contributed by atoms with Gasteiger partial charge in [0.05, 0.1) is 41.3 Å². The fourth-order valence-electron chi connectivity index (χ4n) is 15.2. The highest BCUT2D eigenvalue weighted by Crippen LogP contribution is 2.50. The lowest BCUT2D eigenvalue weighted by atomic mass is 9.86. The van der Waals surface area contributed by atoms with Crippen molar-refractivity contribution in [3.05, 3.63) is 151 Å². The molecule has 7 amide bonds. The van der Waals surface area contributed by atoms with Crippen LogP contribution >= 0.6 is 58.2 Å². The topological polar surface area (TPSA) is 601 Å². The summed E-state index contributed by atoms with van der Waals surface area (Å²) in [5.74, 6) is -15.7. The average Bonchev–Trinajstić information content (AvgIpc) is 0.761. The third-order valence-electron chi connectivity index (χ3n) is 21.8. The van der Waals surface area contributed by atoms with Gasteiger partial charge in [-0.2, -0.15) is 11.8 Å². The van der Waals surface area contributed by atoms with Gasteiger partial charge in [-0.1, -0.05) is 84.5 Å². The number of halogens is 4. The number of carboxylic acid groups (broad SMARTS) is 1. The molecule has 23 atom stereocenters. The summed E-state index contributed by atoms with van der Waals surface area (Å²) < 4.78 is 51.1. The van der Waals surface area contributed by atoms with E-state index in [0.29, 0.717) is 28.1 Å². The molecule has 14 rings (SSSR count). The second-order valence-electron chi connectivity index (χ2n) is 31.3. The van der Waals surface area contributed by atoms with Crippen LogP contribution in [0.15, 0.2) is 97.1 Å². The van der Waals surface area contributed by atoms with Crippen LogP contribution in [-0.4, -0.2) is 251 Å². The van der Waals surface area contributed by atoms with Crippen molar-refractivity contribution in [1.29, 1.82) is 0 Å². The molecular formula is C81H94Cl4N10O28S. The van der Waals surface area contributed by atoms with Crippen LogP contribution in [0.25, 0.3) is 11.1 Å². The number of carbonyl (C=O) groups is 8. The third-order valence-corrected chi connectivity index (χ3v) is 24.1. The van der Waals surface area contributed by atoms with Gasteiger partial charge in [0, 0.05) is 69.4 Å². The van der Waals surface area contributed by atoms with Crippen LogP contribution in [0, 0.1) is 5.92 Å². The molecule has 0 aromatic heterocycles. The first kappa shape index (κ1) is 93.9. The van der Waals surface area contributed by atoms with Gasteiger partial charge in [-0.3, -0.25) is 33.6 Å². The standard InChI is InChI=1S/C81H94Cl4N10O28S/c1-30(2)17-44(88-5)72(108)94-60-62(101)33-10-13-48(42(84)19-33)117-50-21-35-22-51(69(50)122-80-67(106)65(104)70(53(28-96)120-80)123-79-66(105)64(103)63(102)52(119-79)27-89-15-16-124-29-39-40(82)7-6-8-41(39)83)118-49-14-11-34(20-43(49)85)68(121-55-26-81(4,87)71(107)31(3)116-55)61-77(113)93-59(78(114)115)38-23-36(97)24-47(99)56(38)37-18-32(9-12-46(37)98)57(74(110)95-61)92-75(111)58(35)91-73(109)45(25-54(86)100)90-76(60)112/h6-14,18-24,30-31,44-45,52-53,55,57-68,70-71,79-80,88-89,96-99,101-107H,15-17,25-29,87H2,1-5H3,(H2,86,100)(H,90,112)(H,91,109)(H,92,111)(H,93,113)(H,94,108)(H,95,110)(H,114,115)/t31-,44+,45+,52+,53+,55-,57+,58+,59+,60?,61-,62+,63-,64-,65+,66+,67+,68+,70+,71-,79-,80-,81-/m0/s1. The van der Waals surface area contributed by atoms with Crippen molar-refractivity contribution < 1.29 is 138 Å². The van der Waals surface area contributed by atoms with E-state index < -0.39 is 284 Å². The number of primary amides is 1. The van der Waals surface area contributed by atoms with E-state index in [1.54, 1.807) is 32.0 Å². The lowest BCUT2D eigenvalue weighted by Crippen LogP contribution is -2.65. The zero-order chi connectivity index (χ0) is 89.9. The number of ether oxygens (including phenoxy) is 8. The first-order chi connectivity index (χ1) is 58.7. The largest absolute Gasteiger partial charge is 0.508 e.